The van der Waals surface area contributed by atoms with Crippen LogP contribution in [0.15, 0.2) is 22.7 Å². The smallest absolute Gasteiger partial charge is 0.307 e. The molecule has 0 bridgehead atoms. The van der Waals surface area contributed by atoms with Gasteiger partial charge in [-0.2, -0.15) is 13.2 Å². The van der Waals surface area contributed by atoms with E-state index in [9.17, 15) is 22.0 Å². The molecular formula is C10H9BrF5N. The van der Waals surface area contributed by atoms with Gasteiger partial charge in [0.15, 0.2) is 0 Å². The molecule has 7 heteroatoms. The molecule has 0 aliphatic rings. The van der Waals surface area contributed by atoms with E-state index in [0.29, 0.717) is 5.56 Å². The van der Waals surface area contributed by atoms with Crippen LogP contribution in [0.3, 0.4) is 0 Å². The van der Waals surface area contributed by atoms with Gasteiger partial charge in [0.05, 0.1) is 12.1 Å². The van der Waals surface area contributed by atoms with Gasteiger partial charge in [0.1, 0.15) is 0 Å². The molecule has 1 nitrogen and oxygen atoms in total. The zero-order valence-electron chi connectivity index (χ0n) is 8.49. The Morgan fingerprint density at radius 2 is 1.88 bits per heavy atom. The highest BCUT2D eigenvalue weighted by Gasteiger charge is 2.32. The molecule has 1 aromatic carbocycles. The molecular weight excluding hydrogens is 309 g/mol. The van der Waals surface area contributed by atoms with Crippen molar-refractivity contribution in [3.63, 3.8) is 0 Å². The highest BCUT2D eigenvalue weighted by Crippen LogP contribution is 2.35. The predicted molar refractivity (Wildman–Crippen MR) is 56.9 cm³/mol. The van der Waals surface area contributed by atoms with Gasteiger partial charge in [0.2, 0.25) is 0 Å². The van der Waals surface area contributed by atoms with Crippen molar-refractivity contribution in [2.75, 3.05) is 6.54 Å². The van der Waals surface area contributed by atoms with E-state index in [1.165, 1.54) is 12.1 Å². The van der Waals surface area contributed by atoms with Crippen LogP contribution in [-0.2, 0) is 12.7 Å². The molecule has 0 saturated heterocycles. The van der Waals surface area contributed by atoms with Crippen molar-refractivity contribution in [1.29, 1.82) is 0 Å². The molecule has 0 aliphatic heterocycles. The second-order valence-corrected chi connectivity index (χ2v) is 4.19. The summed E-state index contributed by atoms with van der Waals surface area (Å²) in [5.74, 6) is 0. The van der Waals surface area contributed by atoms with Crippen molar-refractivity contribution in [2.24, 2.45) is 0 Å². The Morgan fingerprint density at radius 3 is 2.41 bits per heavy atom. The maximum absolute atomic E-state index is 12.5. The van der Waals surface area contributed by atoms with Gasteiger partial charge in [0, 0.05) is 11.0 Å². The van der Waals surface area contributed by atoms with Gasteiger partial charge in [0.25, 0.3) is 6.43 Å². The van der Waals surface area contributed by atoms with Gasteiger partial charge >= 0.3 is 6.18 Å². The van der Waals surface area contributed by atoms with Crippen LogP contribution in [0.2, 0.25) is 0 Å². The van der Waals surface area contributed by atoms with Crippen LogP contribution in [0, 0.1) is 0 Å². The summed E-state index contributed by atoms with van der Waals surface area (Å²) in [5, 5.41) is 2.37. The largest absolute Gasteiger partial charge is 0.417 e. The fourth-order valence-electron chi connectivity index (χ4n) is 1.23. The quantitative estimate of drug-likeness (QED) is 0.832. The van der Waals surface area contributed by atoms with Crippen molar-refractivity contribution >= 4 is 15.9 Å². The fourth-order valence-corrected chi connectivity index (χ4v) is 1.70. The first-order valence-electron chi connectivity index (χ1n) is 4.65. The Balaban J connectivity index is 2.76. The molecule has 0 radical (unpaired) electrons. The summed E-state index contributed by atoms with van der Waals surface area (Å²) in [5.41, 5.74) is -0.505. The fraction of sp³-hybridized carbons (Fsp3) is 0.400. The van der Waals surface area contributed by atoms with Crippen molar-refractivity contribution in [3.8, 4) is 0 Å². The van der Waals surface area contributed by atoms with E-state index in [1.807, 2.05) is 0 Å². The lowest BCUT2D eigenvalue weighted by atomic mass is 10.1. The molecule has 96 valence electrons. The average molecular weight is 318 g/mol. The molecule has 0 aliphatic carbocycles. The van der Waals surface area contributed by atoms with Crippen LogP contribution >= 0.6 is 15.9 Å². The first kappa shape index (κ1) is 14.4. The van der Waals surface area contributed by atoms with Gasteiger partial charge in [-0.05, 0) is 17.7 Å². The normalized spacial score (nSPS) is 12.2. The number of nitrogens with one attached hydrogen (secondary N) is 1. The van der Waals surface area contributed by atoms with Crippen molar-refractivity contribution < 1.29 is 22.0 Å². The summed E-state index contributed by atoms with van der Waals surface area (Å²) in [7, 11) is 0. The summed E-state index contributed by atoms with van der Waals surface area (Å²) in [6.45, 7) is -0.571. The van der Waals surface area contributed by atoms with Crippen LogP contribution in [0.4, 0.5) is 22.0 Å². The van der Waals surface area contributed by atoms with Crippen molar-refractivity contribution in [2.45, 2.75) is 19.1 Å². The molecule has 0 aromatic heterocycles. The summed E-state index contributed by atoms with van der Waals surface area (Å²) >= 11 is 2.80. The van der Waals surface area contributed by atoms with E-state index in [0.717, 1.165) is 6.07 Å². The lowest BCUT2D eigenvalue weighted by molar-refractivity contribution is -0.138. The molecule has 1 rings (SSSR count). The molecule has 0 amide bonds. The molecule has 0 fully saturated rings. The van der Waals surface area contributed by atoms with Gasteiger partial charge in [-0.15, -0.1) is 0 Å². The summed E-state index contributed by atoms with van der Waals surface area (Å²) in [6, 6.07) is 3.63. The molecule has 0 heterocycles. The number of halogens is 6. The Labute approximate surface area is 103 Å². The molecule has 1 aromatic rings. The van der Waals surface area contributed by atoms with Crippen LogP contribution in [-0.4, -0.2) is 13.0 Å². The van der Waals surface area contributed by atoms with Gasteiger partial charge in [-0.1, -0.05) is 22.0 Å². The number of benzene rings is 1. The Hall–Kier alpha value is -0.690. The average Bonchev–Trinajstić information content (AvgIpc) is 2.18. The number of alkyl halides is 5. The van der Waals surface area contributed by atoms with E-state index in [4.69, 9.17) is 0 Å². The van der Waals surface area contributed by atoms with E-state index in [1.54, 1.807) is 0 Å². The van der Waals surface area contributed by atoms with Crippen molar-refractivity contribution in [1.82, 2.24) is 5.32 Å². The van der Waals surface area contributed by atoms with Crippen LogP contribution < -0.4 is 5.32 Å². The highest BCUT2D eigenvalue weighted by molar-refractivity contribution is 9.10. The molecule has 0 unspecified atom stereocenters. The minimum absolute atomic E-state index is 0.0271. The van der Waals surface area contributed by atoms with Gasteiger partial charge < -0.3 is 5.32 Å². The molecule has 0 spiro atoms. The summed E-state index contributed by atoms with van der Waals surface area (Å²) < 4.78 is 61.1. The highest BCUT2D eigenvalue weighted by atomic mass is 79.9. The van der Waals surface area contributed by atoms with Crippen LogP contribution in [0.1, 0.15) is 11.1 Å². The first-order valence-corrected chi connectivity index (χ1v) is 5.44. The summed E-state index contributed by atoms with van der Waals surface area (Å²) in [4.78, 5) is 0. The Kier molecular flexibility index (Phi) is 4.88. The second kappa shape index (κ2) is 5.77. The lowest BCUT2D eigenvalue weighted by Gasteiger charge is -2.11. The third-order valence-corrected chi connectivity index (χ3v) is 2.66. The second-order valence-electron chi connectivity index (χ2n) is 3.33. The van der Waals surface area contributed by atoms with E-state index in [2.05, 4.69) is 21.2 Å². The number of hydrogen-bond acceptors (Lipinski definition) is 1. The Bertz CT molecular complexity index is 377. The maximum Gasteiger partial charge on any atom is 0.417 e. The topological polar surface area (TPSA) is 12.0 Å². The summed E-state index contributed by atoms with van der Waals surface area (Å²) in [6.07, 6.45) is -6.98. The SMILES string of the molecule is FC(F)CNCc1ccc(Br)c(C(F)(F)F)c1. The molecule has 0 atom stereocenters. The van der Waals surface area contributed by atoms with E-state index < -0.39 is 24.7 Å². The zero-order valence-corrected chi connectivity index (χ0v) is 10.1. The monoisotopic (exact) mass is 317 g/mol. The number of hydrogen-bond donors (Lipinski definition) is 1. The standard InChI is InChI=1S/C10H9BrF5N/c11-8-2-1-6(4-17-5-9(12)13)3-7(8)10(14,15)16/h1-3,9,17H,4-5H2. The predicted octanol–water partition coefficient (Wildman–Crippen LogP) is 3.82. The third kappa shape index (κ3) is 4.59. The minimum atomic E-state index is -4.46. The van der Waals surface area contributed by atoms with Crippen molar-refractivity contribution in [3.05, 3.63) is 33.8 Å². The molecule has 17 heavy (non-hydrogen) atoms. The molecule has 0 saturated carbocycles. The van der Waals surface area contributed by atoms with E-state index in [-0.39, 0.29) is 11.0 Å². The molecule has 1 N–H and O–H groups in total. The third-order valence-electron chi connectivity index (χ3n) is 1.96. The minimum Gasteiger partial charge on any atom is -0.307 e. The van der Waals surface area contributed by atoms with E-state index >= 15 is 0 Å². The Morgan fingerprint density at radius 1 is 1.24 bits per heavy atom. The zero-order chi connectivity index (χ0) is 13.1. The van der Waals surface area contributed by atoms with Gasteiger partial charge in [-0.25, -0.2) is 8.78 Å². The first-order chi connectivity index (χ1) is 7.80. The van der Waals surface area contributed by atoms with Gasteiger partial charge in [-0.3, -0.25) is 0 Å². The number of rotatable bonds is 4. The van der Waals surface area contributed by atoms with Crippen LogP contribution in [0.25, 0.3) is 0 Å². The van der Waals surface area contributed by atoms with Crippen LogP contribution in [0.5, 0.6) is 0 Å². The maximum atomic E-state index is 12.5. The lowest BCUT2D eigenvalue weighted by Crippen LogP contribution is -2.21.